The zero-order valence-electron chi connectivity index (χ0n) is 49.0. The molecule has 4 aliphatic heterocycles. The van der Waals surface area contributed by atoms with Crippen molar-refractivity contribution >= 4 is 89.8 Å². The molecule has 6 heteroatoms. The molecule has 0 saturated heterocycles. The van der Waals surface area contributed by atoms with Crippen LogP contribution in [0.4, 0.5) is 0 Å². The van der Waals surface area contributed by atoms with E-state index in [2.05, 4.69) is 252 Å². The Labute approximate surface area is 472 Å². The Morgan fingerprint density at radius 1 is 0.350 bits per heavy atom. The lowest BCUT2D eigenvalue weighted by Gasteiger charge is -2.41. The Balaban J connectivity index is 1.11. The highest BCUT2D eigenvalue weighted by Crippen LogP contribution is 2.50. The van der Waals surface area contributed by atoms with Gasteiger partial charge < -0.3 is 18.6 Å². The fourth-order valence-electron chi connectivity index (χ4n) is 14.2. The Kier molecular flexibility index (Phi) is 10.4. The maximum Gasteiger partial charge on any atom is 0.256 e. The molecule has 0 unspecified atom stereocenters. The van der Waals surface area contributed by atoms with E-state index in [0.29, 0.717) is 23.7 Å². The van der Waals surface area contributed by atoms with E-state index in [0.717, 1.165) is 45.5 Å². The van der Waals surface area contributed by atoms with Gasteiger partial charge in [0.1, 0.15) is 23.0 Å². The van der Waals surface area contributed by atoms with Crippen LogP contribution in [-0.4, -0.2) is 22.6 Å². The van der Waals surface area contributed by atoms with Crippen molar-refractivity contribution in [1.29, 1.82) is 0 Å². The van der Waals surface area contributed by atoms with Gasteiger partial charge in [0.25, 0.3) is 13.4 Å². The number of hydrogen-bond acceptors (Lipinski definition) is 2. The summed E-state index contributed by atoms with van der Waals surface area (Å²) in [7, 11) is 0. The minimum Gasteiger partial charge on any atom is -0.456 e. The monoisotopic (exact) mass is 1040 g/mol. The number of fused-ring (bicyclic) bond motifs is 16. The van der Waals surface area contributed by atoms with Gasteiger partial charge in [-0.3, -0.25) is 0 Å². The molecule has 0 aliphatic carbocycles. The van der Waals surface area contributed by atoms with Crippen LogP contribution in [0.15, 0.2) is 146 Å². The van der Waals surface area contributed by atoms with Gasteiger partial charge in [0, 0.05) is 43.5 Å². The summed E-state index contributed by atoms with van der Waals surface area (Å²) in [6, 6.07) is 57.0. The second-order valence-electron chi connectivity index (χ2n) is 27.3. The van der Waals surface area contributed by atoms with E-state index in [9.17, 15) is 0 Å². The third kappa shape index (κ3) is 6.96. The van der Waals surface area contributed by atoms with Crippen molar-refractivity contribution < 1.29 is 9.47 Å². The molecule has 0 saturated carbocycles. The molecule has 15 rings (SSSR count). The molecule has 0 spiro atoms. The van der Waals surface area contributed by atoms with Crippen LogP contribution in [0.1, 0.15) is 154 Å². The molecule has 0 bridgehead atoms. The molecule has 0 radical (unpaired) electrons. The third-order valence-electron chi connectivity index (χ3n) is 18.9. The van der Waals surface area contributed by atoms with Crippen LogP contribution in [0, 0.1) is 0 Å². The topological polar surface area (TPSA) is 28.3 Å². The fraction of sp³-hybridized carbons (Fsp3) is 0.270. The Hall–Kier alpha value is -7.69. The molecular weight excluding hydrogens is 970 g/mol. The number of benzene rings is 9. The van der Waals surface area contributed by atoms with Crippen molar-refractivity contribution in [3.05, 3.63) is 179 Å². The van der Waals surface area contributed by atoms with Gasteiger partial charge in [-0.05, 0) is 161 Å². The van der Waals surface area contributed by atoms with Gasteiger partial charge >= 0.3 is 0 Å². The predicted octanol–water partition coefficient (Wildman–Crippen LogP) is 16.2. The van der Waals surface area contributed by atoms with Gasteiger partial charge in [-0.2, -0.15) is 0 Å². The van der Waals surface area contributed by atoms with Gasteiger partial charge in [0.2, 0.25) is 0 Å². The summed E-state index contributed by atoms with van der Waals surface area (Å²) >= 11 is 0. The number of hydrogen-bond donors (Lipinski definition) is 0. The number of rotatable bonds is 6. The number of nitrogens with zero attached hydrogens (tertiary/aromatic N) is 2. The Morgan fingerprint density at radius 2 is 0.700 bits per heavy atom. The quantitative estimate of drug-likeness (QED) is 0.155. The zero-order chi connectivity index (χ0) is 55.3. The normalized spacial score (nSPS) is 14.0. The summed E-state index contributed by atoms with van der Waals surface area (Å²) in [5.74, 6) is 5.02. The lowest BCUT2D eigenvalue weighted by atomic mass is 9.31. The molecule has 4 nitrogen and oxygen atoms in total. The molecule has 2 aromatic heterocycles. The summed E-state index contributed by atoms with van der Waals surface area (Å²) in [6.45, 7) is 32.0. The molecule has 0 amide bonds. The molecule has 0 N–H and O–H groups in total. The van der Waals surface area contributed by atoms with Crippen molar-refractivity contribution in [1.82, 2.24) is 9.13 Å². The van der Waals surface area contributed by atoms with Gasteiger partial charge in [-0.1, -0.05) is 194 Å². The molecule has 394 valence electrons. The molecule has 0 fully saturated rings. The first kappa shape index (κ1) is 49.4. The summed E-state index contributed by atoms with van der Waals surface area (Å²) in [4.78, 5) is 0. The van der Waals surface area contributed by atoms with Crippen LogP contribution in [-0.2, 0) is 10.8 Å². The van der Waals surface area contributed by atoms with Crippen LogP contribution >= 0.6 is 0 Å². The predicted molar refractivity (Wildman–Crippen MR) is 342 cm³/mol. The highest BCUT2D eigenvalue weighted by atomic mass is 16.5. The van der Waals surface area contributed by atoms with Gasteiger partial charge in [-0.15, -0.1) is 0 Å². The third-order valence-corrected chi connectivity index (χ3v) is 18.9. The maximum atomic E-state index is 7.96. The zero-order valence-corrected chi connectivity index (χ0v) is 49.0. The summed E-state index contributed by atoms with van der Waals surface area (Å²) in [5, 5.41) is 5.15. The van der Waals surface area contributed by atoms with Crippen LogP contribution in [0.3, 0.4) is 0 Å². The van der Waals surface area contributed by atoms with E-state index < -0.39 is 0 Å². The standard InChI is InChI=1S/C74H70B2N2O2/c1-39(2)45-21-29-61-53(31-45)55-33-49(41(5)6)35-59-67(55)77(61)69-65-72(80-63-37-47(19-27-57(63)75(59)65)43-15-23-51(24-16-43)73(9,10)11)70-66-71(69)79-64-38-48(44-17-25-52(26-18-44)74(12,13)14)20-28-58(64)76(66)60-36-50(42(7)8)34-56-54-32-46(40(3)4)22-30-62(54)78(70)68(56)60/h15-42H,1-14H3. The van der Waals surface area contributed by atoms with Gasteiger partial charge in [0.05, 0.1) is 22.4 Å². The van der Waals surface area contributed by atoms with Crippen LogP contribution in [0.2, 0.25) is 0 Å². The Bertz CT molecular complexity index is 4210. The summed E-state index contributed by atoms with van der Waals surface area (Å²) in [5.41, 5.74) is 27.2. The van der Waals surface area contributed by atoms with E-state index in [1.165, 1.54) is 121 Å². The molecule has 6 heterocycles. The van der Waals surface area contributed by atoms with E-state index in [4.69, 9.17) is 9.47 Å². The molecule has 80 heavy (non-hydrogen) atoms. The lowest BCUT2D eigenvalue weighted by Crippen LogP contribution is -2.63. The van der Waals surface area contributed by atoms with Crippen molar-refractivity contribution in [3.8, 4) is 56.6 Å². The molecule has 0 atom stereocenters. The van der Waals surface area contributed by atoms with Crippen molar-refractivity contribution in [3.63, 3.8) is 0 Å². The van der Waals surface area contributed by atoms with Crippen molar-refractivity contribution in [2.75, 3.05) is 0 Å². The summed E-state index contributed by atoms with van der Waals surface area (Å²) < 4.78 is 21.1. The minimum atomic E-state index is -0.157. The second kappa shape index (κ2) is 16.9. The molecule has 11 aromatic rings. The van der Waals surface area contributed by atoms with E-state index in [1.54, 1.807) is 0 Å². The lowest BCUT2D eigenvalue weighted by molar-refractivity contribution is 0.472. The van der Waals surface area contributed by atoms with Crippen molar-refractivity contribution in [2.24, 2.45) is 0 Å². The first-order chi connectivity index (χ1) is 38.2. The van der Waals surface area contributed by atoms with E-state index >= 15 is 0 Å². The smallest absolute Gasteiger partial charge is 0.256 e. The minimum absolute atomic E-state index is 0.0528. The second-order valence-corrected chi connectivity index (χ2v) is 27.3. The average Bonchev–Trinajstić information content (AvgIpc) is 3.24. The first-order valence-corrected chi connectivity index (χ1v) is 29.6. The first-order valence-electron chi connectivity index (χ1n) is 29.6. The average molecular weight is 1040 g/mol. The summed E-state index contributed by atoms with van der Waals surface area (Å²) in [6.07, 6.45) is 0. The Morgan fingerprint density at radius 3 is 1.05 bits per heavy atom. The van der Waals surface area contributed by atoms with Crippen LogP contribution in [0.25, 0.3) is 77.2 Å². The number of ether oxygens (including phenoxy) is 2. The van der Waals surface area contributed by atoms with Gasteiger partial charge in [-0.25, -0.2) is 0 Å². The van der Waals surface area contributed by atoms with Crippen molar-refractivity contribution in [2.45, 2.75) is 131 Å². The van der Waals surface area contributed by atoms with Gasteiger partial charge in [0.15, 0.2) is 0 Å². The maximum absolute atomic E-state index is 7.96. The van der Waals surface area contributed by atoms with E-state index in [1.807, 2.05) is 0 Å². The van der Waals surface area contributed by atoms with Crippen LogP contribution < -0.4 is 42.3 Å². The highest BCUT2D eigenvalue weighted by Gasteiger charge is 2.51. The largest absolute Gasteiger partial charge is 0.456 e. The van der Waals surface area contributed by atoms with E-state index in [-0.39, 0.29) is 24.3 Å². The molecule has 9 aromatic carbocycles. The number of aromatic nitrogens is 2. The fourth-order valence-corrected chi connectivity index (χ4v) is 14.2. The highest BCUT2D eigenvalue weighted by molar-refractivity contribution is 7.02. The molecular formula is C74H70B2N2O2. The SMILES string of the molecule is CC(C)c1ccc2c(c1)c1cc(C(C)C)cc3c1n2-c1c2c4c(c5c1B3c1ccc(-c3ccc(C(C)(C)C)cc3)cc1O5)-n1c3ccc(C(C)C)cc3c3cc(C(C)C)cc(c31)B4c1ccc(-c3ccc(C(C)(C)C)cc3)cc1O2. The van der Waals surface area contributed by atoms with Crippen LogP contribution in [0.5, 0.6) is 23.0 Å². The molecule has 4 aliphatic rings.